The Hall–Kier alpha value is -3.02. The van der Waals surface area contributed by atoms with Crippen LogP contribution in [0.3, 0.4) is 0 Å². The lowest BCUT2D eigenvalue weighted by atomic mass is 10.2. The molecule has 1 saturated heterocycles. The van der Waals surface area contributed by atoms with Gasteiger partial charge in [-0.15, -0.1) is 0 Å². The maximum atomic E-state index is 14.2. The summed E-state index contributed by atoms with van der Waals surface area (Å²) < 4.78 is 55.9. The third-order valence-electron chi connectivity index (χ3n) is 4.44. The average Bonchev–Trinajstić information content (AvgIpc) is 2.78. The van der Waals surface area contributed by atoms with Crippen LogP contribution in [0.1, 0.15) is 10.4 Å². The second kappa shape index (κ2) is 9.86. The number of nitrogens with zero attached hydrogens (tertiary/aromatic N) is 1. The lowest BCUT2D eigenvalue weighted by Crippen LogP contribution is -2.41. The quantitative estimate of drug-likeness (QED) is 0.636. The highest BCUT2D eigenvalue weighted by atomic mass is 32.2. The van der Waals surface area contributed by atoms with Crippen LogP contribution in [0.15, 0.2) is 47.4 Å². The van der Waals surface area contributed by atoms with Crippen molar-refractivity contribution in [3.63, 3.8) is 0 Å². The molecule has 1 aliphatic heterocycles. The minimum absolute atomic E-state index is 0.0842. The summed E-state index contributed by atoms with van der Waals surface area (Å²) in [5.74, 6) is -2.02. The molecule has 0 aliphatic carbocycles. The molecule has 1 amide bonds. The SMILES string of the molecule is COc1cccc(NC(=O)COC(=O)c2ccc(F)c(S(=O)(=O)N3CCOCC3)c2)c1. The molecule has 0 atom stereocenters. The Morgan fingerprint density at radius 3 is 2.61 bits per heavy atom. The van der Waals surface area contributed by atoms with Gasteiger partial charge in [0.15, 0.2) is 6.61 Å². The summed E-state index contributed by atoms with van der Waals surface area (Å²) in [4.78, 5) is 23.7. The van der Waals surface area contributed by atoms with E-state index in [-0.39, 0.29) is 31.9 Å². The van der Waals surface area contributed by atoms with Gasteiger partial charge in [-0.2, -0.15) is 4.31 Å². The second-order valence-corrected chi connectivity index (χ2v) is 8.42. The van der Waals surface area contributed by atoms with E-state index in [9.17, 15) is 22.4 Å². The predicted molar refractivity (Wildman–Crippen MR) is 108 cm³/mol. The smallest absolute Gasteiger partial charge is 0.338 e. The van der Waals surface area contributed by atoms with E-state index in [0.717, 1.165) is 22.5 Å². The molecule has 2 aromatic carbocycles. The number of carbonyl (C=O) groups is 2. The Labute approximate surface area is 178 Å². The molecule has 11 heteroatoms. The zero-order valence-electron chi connectivity index (χ0n) is 16.7. The van der Waals surface area contributed by atoms with Crippen molar-refractivity contribution in [3.8, 4) is 5.75 Å². The number of esters is 1. The molecule has 166 valence electrons. The molecule has 2 aromatic rings. The molecule has 0 unspecified atom stereocenters. The van der Waals surface area contributed by atoms with Gasteiger partial charge in [-0.1, -0.05) is 6.07 Å². The summed E-state index contributed by atoms with van der Waals surface area (Å²) in [6.45, 7) is -0.0449. The number of hydrogen-bond donors (Lipinski definition) is 1. The van der Waals surface area contributed by atoms with Crippen molar-refractivity contribution in [2.45, 2.75) is 4.90 Å². The first-order valence-corrected chi connectivity index (χ1v) is 10.7. The molecule has 0 radical (unpaired) electrons. The first-order chi connectivity index (χ1) is 14.8. The number of carbonyl (C=O) groups excluding carboxylic acids is 2. The molecular weight excluding hydrogens is 431 g/mol. The number of rotatable bonds is 7. The van der Waals surface area contributed by atoms with Gasteiger partial charge in [-0.25, -0.2) is 17.6 Å². The van der Waals surface area contributed by atoms with Crippen LogP contribution in [0.25, 0.3) is 0 Å². The molecule has 1 N–H and O–H groups in total. The fraction of sp³-hybridized carbons (Fsp3) is 0.300. The number of benzene rings is 2. The molecule has 0 aromatic heterocycles. The predicted octanol–water partition coefficient (Wildman–Crippen LogP) is 1.65. The Morgan fingerprint density at radius 1 is 1.16 bits per heavy atom. The van der Waals surface area contributed by atoms with Gasteiger partial charge in [0.1, 0.15) is 16.5 Å². The summed E-state index contributed by atoms with van der Waals surface area (Å²) in [6, 6.07) is 9.47. The van der Waals surface area contributed by atoms with Crippen molar-refractivity contribution in [1.29, 1.82) is 0 Å². The van der Waals surface area contributed by atoms with Gasteiger partial charge in [0.2, 0.25) is 10.0 Å². The maximum absolute atomic E-state index is 14.2. The third-order valence-corrected chi connectivity index (χ3v) is 6.36. The molecule has 0 bridgehead atoms. The number of methoxy groups -OCH3 is 1. The first kappa shape index (κ1) is 22.7. The van der Waals surface area contributed by atoms with E-state index in [2.05, 4.69) is 5.32 Å². The zero-order valence-corrected chi connectivity index (χ0v) is 17.5. The molecule has 3 rings (SSSR count). The van der Waals surface area contributed by atoms with E-state index in [1.165, 1.54) is 7.11 Å². The average molecular weight is 452 g/mol. The number of ether oxygens (including phenoxy) is 3. The summed E-state index contributed by atoms with van der Waals surface area (Å²) in [7, 11) is -2.66. The van der Waals surface area contributed by atoms with Gasteiger partial charge in [0.25, 0.3) is 5.91 Å². The molecular formula is C20H21FN2O7S. The highest BCUT2D eigenvalue weighted by Crippen LogP contribution is 2.22. The second-order valence-electron chi connectivity index (χ2n) is 6.52. The van der Waals surface area contributed by atoms with E-state index in [4.69, 9.17) is 14.2 Å². The number of morpholine rings is 1. The number of nitrogens with one attached hydrogen (secondary N) is 1. The van der Waals surface area contributed by atoms with Crippen molar-refractivity contribution in [2.75, 3.05) is 45.3 Å². The lowest BCUT2D eigenvalue weighted by Gasteiger charge is -2.26. The first-order valence-electron chi connectivity index (χ1n) is 9.30. The van der Waals surface area contributed by atoms with Crippen LogP contribution < -0.4 is 10.1 Å². The molecule has 1 heterocycles. The summed E-state index contributed by atoms with van der Waals surface area (Å²) in [5.41, 5.74) is 0.253. The molecule has 1 fully saturated rings. The minimum Gasteiger partial charge on any atom is -0.497 e. The lowest BCUT2D eigenvalue weighted by molar-refractivity contribution is -0.119. The maximum Gasteiger partial charge on any atom is 0.338 e. The topological polar surface area (TPSA) is 111 Å². The highest BCUT2D eigenvalue weighted by molar-refractivity contribution is 7.89. The molecule has 0 spiro atoms. The number of hydrogen-bond acceptors (Lipinski definition) is 7. The summed E-state index contributed by atoms with van der Waals surface area (Å²) in [5, 5.41) is 2.54. The number of amides is 1. The summed E-state index contributed by atoms with van der Waals surface area (Å²) in [6.07, 6.45) is 0. The fourth-order valence-corrected chi connectivity index (χ4v) is 4.36. The molecule has 31 heavy (non-hydrogen) atoms. The van der Waals surface area contributed by atoms with Crippen LogP contribution in [-0.4, -0.2) is 64.6 Å². The Morgan fingerprint density at radius 2 is 1.90 bits per heavy atom. The molecule has 0 saturated carbocycles. The summed E-state index contributed by atoms with van der Waals surface area (Å²) >= 11 is 0. The Bertz CT molecular complexity index is 1070. The van der Waals surface area contributed by atoms with Crippen molar-refractivity contribution < 1.29 is 36.6 Å². The normalized spacial score (nSPS) is 14.6. The molecule has 9 nitrogen and oxygen atoms in total. The number of anilines is 1. The van der Waals surface area contributed by atoms with Crippen molar-refractivity contribution in [1.82, 2.24) is 4.31 Å². The Kier molecular flexibility index (Phi) is 7.21. The monoisotopic (exact) mass is 452 g/mol. The zero-order chi connectivity index (χ0) is 22.4. The standard InChI is InChI=1S/C20H21FN2O7S/c1-28-16-4-2-3-15(12-16)22-19(24)13-30-20(25)14-5-6-17(21)18(11-14)31(26,27)23-7-9-29-10-8-23/h2-6,11-12H,7-10,13H2,1H3,(H,22,24). The van der Waals surface area contributed by atoms with E-state index >= 15 is 0 Å². The van der Waals surface area contributed by atoms with Crippen molar-refractivity contribution >= 4 is 27.6 Å². The van der Waals surface area contributed by atoms with E-state index in [1.54, 1.807) is 24.3 Å². The van der Waals surface area contributed by atoms with Crippen LogP contribution in [0.4, 0.5) is 10.1 Å². The van der Waals surface area contributed by atoms with Crippen LogP contribution in [0, 0.1) is 5.82 Å². The van der Waals surface area contributed by atoms with Gasteiger partial charge in [-0.05, 0) is 30.3 Å². The Balaban J connectivity index is 1.66. The third kappa shape index (κ3) is 5.57. The van der Waals surface area contributed by atoms with Gasteiger partial charge >= 0.3 is 5.97 Å². The van der Waals surface area contributed by atoms with Crippen molar-refractivity contribution in [2.24, 2.45) is 0 Å². The van der Waals surface area contributed by atoms with E-state index in [0.29, 0.717) is 11.4 Å². The van der Waals surface area contributed by atoms with Crippen LogP contribution >= 0.6 is 0 Å². The number of halogens is 1. The van der Waals surface area contributed by atoms with E-state index in [1.807, 2.05) is 0 Å². The van der Waals surface area contributed by atoms with Gasteiger partial charge in [-0.3, -0.25) is 4.79 Å². The van der Waals surface area contributed by atoms with Gasteiger partial charge in [0.05, 0.1) is 25.9 Å². The number of sulfonamides is 1. The van der Waals surface area contributed by atoms with Gasteiger partial charge in [0, 0.05) is 24.8 Å². The van der Waals surface area contributed by atoms with Crippen molar-refractivity contribution in [3.05, 3.63) is 53.8 Å². The van der Waals surface area contributed by atoms with Gasteiger partial charge < -0.3 is 19.5 Å². The van der Waals surface area contributed by atoms with E-state index < -0.39 is 39.2 Å². The van der Waals surface area contributed by atoms with Crippen LogP contribution in [0.5, 0.6) is 5.75 Å². The van der Waals surface area contributed by atoms with Crippen LogP contribution in [0.2, 0.25) is 0 Å². The largest absolute Gasteiger partial charge is 0.497 e. The highest BCUT2D eigenvalue weighted by Gasteiger charge is 2.30. The van der Waals surface area contributed by atoms with Crippen LogP contribution in [-0.2, 0) is 24.3 Å². The fourth-order valence-electron chi connectivity index (χ4n) is 2.87. The molecule has 1 aliphatic rings. The minimum atomic E-state index is -4.15.